The third kappa shape index (κ3) is 2.62. The fourth-order valence-corrected chi connectivity index (χ4v) is 3.12. The molecule has 1 atom stereocenters. The predicted molar refractivity (Wildman–Crippen MR) is 78.4 cm³/mol. The number of aryl methyl sites for hydroxylation is 1. The van der Waals surface area contributed by atoms with E-state index in [1.54, 1.807) is 4.90 Å². The highest BCUT2D eigenvalue weighted by molar-refractivity contribution is 5.99. The molecule has 21 heavy (non-hydrogen) atoms. The summed E-state index contributed by atoms with van der Waals surface area (Å²) in [6.07, 6.45) is 2.32. The average molecular weight is 288 g/mol. The number of hydrogen-bond acceptors (Lipinski definition) is 5. The summed E-state index contributed by atoms with van der Waals surface area (Å²) in [5.74, 6) is 1.20. The van der Waals surface area contributed by atoms with Crippen LogP contribution in [0.25, 0.3) is 0 Å². The number of nitrogens with zero attached hydrogens (tertiary/aromatic N) is 4. The maximum absolute atomic E-state index is 12.1. The second-order valence-corrected chi connectivity index (χ2v) is 6.00. The molecule has 6 nitrogen and oxygen atoms in total. The summed E-state index contributed by atoms with van der Waals surface area (Å²) in [6.45, 7) is 6.83. The molecule has 0 N–H and O–H groups in total. The van der Waals surface area contributed by atoms with E-state index in [1.807, 2.05) is 6.92 Å². The number of Topliss-reactive ketones (excluding diaryl/α,β-unsaturated/α-hetero) is 1. The summed E-state index contributed by atoms with van der Waals surface area (Å²) in [5.41, 5.74) is 2.40. The molecule has 0 radical (unpaired) electrons. The van der Waals surface area contributed by atoms with Gasteiger partial charge in [-0.1, -0.05) is 6.92 Å². The number of ketones is 1. The van der Waals surface area contributed by atoms with E-state index in [0.717, 1.165) is 42.9 Å². The molecular weight excluding hydrogens is 268 g/mol. The molecule has 1 aliphatic carbocycles. The minimum atomic E-state index is 0.165. The van der Waals surface area contributed by atoms with Crippen LogP contribution in [0.4, 0.5) is 5.95 Å². The van der Waals surface area contributed by atoms with Crippen LogP contribution in [-0.2, 0) is 11.2 Å². The lowest BCUT2D eigenvalue weighted by molar-refractivity contribution is -0.118. The van der Waals surface area contributed by atoms with Crippen molar-refractivity contribution in [2.45, 2.75) is 26.7 Å². The van der Waals surface area contributed by atoms with E-state index in [9.17, 15) is 9.59 Å². The lowest BCUT2D eigenvalue weighted by Crippen LogP contribution is -2.46. The van der Waals surface area contributed by atoms with E-state index in [1.165, 1.54) is 0 Å². The van der Waals surface area contributed by atoms with Gasteiger partial charge in [0.15, 0.2) is 5.78 Å². The molecule has 0 bridgehead atoms. The van der Waals surface area contributed by atoms with Gasteiger partial charge in [-0.05, 0) is 19.3 Å². The zero-order valence-corrected chi connectivity index (χ0v) is 12.5. The first-order chi connectivity index (χ1) is 10.1. The molecule has 0 saturated carbocycles. The van der Waals surface area contributed by atoms with Crippen LogP contribution in [0.3, 0.4) is 0 Å². The molecule has 2 heterocycles. The Labute approximate surface area is 124 Å². The van der Waals surface area contributed by atoms with Gasteiger partial charge in [-0.3, -0.25) is 9.59 Å². The summed E-state index contributed by atoms with van der Waals surface area (Å²) in [4.78, 5) is 35.9. The highest BCUT2D eigenvalue weighted by atomic mass is 16.1. The second kappa shape index (κ2) is 5.42. The minimum Gasteiger partial charge on any atom is -0.342 e. The molecule has 112 valence electrons. The van der Waals surface area contributed by atoms with E-state index in [2.05, 4.69) is 21.8 Å². The number of amides is 1. The summed E-state index contributed by atoms with van der Waals surface area (Å²) in [5, 5.41) is 0. The highest BCUT2D eigenvalue weighted by Crippen LogP contribution is 2.27. The van der Waals surface area contributed by atoms with Crippen molar-refractivity contribution in [1.29, 1.82) is 0 Å². The van der Waals surface area contributed by atoms with Crippen LogP contribution < -0.4 is 4.90 Å². The van der Waals surface area contributed by atoms with Crippen molar-refractivity contribution >= 4 is 18.1 Å². The first-order valence-corrected chi connectivity index (χ1v) is 7.43. The zero-order valence-electron chi connectivity index (χ0n) is 12.5. The number of piperazine rings is 1. The second-order valence-electron chi connectivity index (χ2n) is 6.00. The molecule has 0 unspecified atom stereocenters. The van der Waals surface area contributed by atoms with Crippen LogP contribution in [0, 0.1) is 12.8 Å². The van der Waals surface area contributed by atoms with Crippen LogP contribution in [0.1, 0.15) is 35.1 Å². The zero-order chi connectivity index (χ0) is 15.0. The number of aromatic nitrogens is 2. The predicted octanol–water partition coefficient (Wildman–Crippen LogP) is 0.828. The molecule has 1 fully saturated rings. The molecular formula is C15H20N4O2. The monoisotopic (exact) mass is 288 g/mol. The number of anilines is 1. The van der Waals surface area contributed by atoms with Crippen LogP contribution in [-0.4, -0.2) is 53.2 Å². The molecule has 1 saturated heterocycles. The Kier molecular flexibility index (Phi) is 3.61. The molecule has 6 heteroatoms. The van der Waals surface area contributed by atoms with E-state index < -0.39 is 0 Å². The van der Waals surface area contributed by atoms with Crippen LogP contribution in [0.15, 0.2) is 0 Å². The van der Waals surface area contributed by atoms with Gasteiger partial charge in [0.05, 0.1) is 17.0 Å². The van der Waals surface area contributed by atoms with Crippen molar-refractivity contribution in [2.75, 3.05) is 31.1 Å². The molecule has 0 aromatic carbocycles. The smallest absolute Gasteiger partial charge is 0.225 e. The largest absolute Gasteiger partial charge is 0.342 e. The van der Waals surface area contributed by atoms with Crippen molar-refractivity contribution < 1.29 is 9.59 Å². The average Bonchev–Trinajstić information content (AvgIpc) is 2.46. The first kappa shape index (κ1) is 14.0. The molecule has 0 spiro atoms. The van der Waals surface area contributed by atoms with Crippen LogP contribution >= 0.6 is 0 Å². The van der Waals surface area contributed by atoms with Gasteiger partial charge < -0.3 is 9.80 Å². The normalized spacial score (nSPS) is 22.2. The first-order valence-electron chi connectivity index (χ1n) is 7.43. The van der Waals surface area contributed by atoms with Crippen LogP contribution in [0.2, 0.25) is 0 Å². The fourth-order valence-electron chi connectivity index (χ4n) is 3.12. The van der Waals surface area contributed by atoms with E-state index in [4.69, 9.17) is 0 Å². The summed E-state index contributed by atoms with van der Waals surface area (Å²) in [6, 6.07) is 0. The number of hydrogen-bond donors (Lipinski definition) is 0. The third-order valence-corrected chi connectivity index (χ3v) is 4.25. The number of carbonyl (C=O) groups is 2. The fraction of sp³-hybridized carbons (Fsp3) is 0.600. The Morgan fingerprint density at radius 2 is 1.86 bits per heavy atom. The third-order valence-electron chi connectivity index (χ3n) is 4.25. The lowest BCUT2D eigenvalue weighted by Gasteiger charge is -2.33. The van der Waals surface area contributed by atoms with Crippen molar-refractivity contribution in [1.82, 2.24) is 14.9 Å². The topological polar surface area (TPSA) is 66.4 Å². The Morgan fingerprint density at radius 3 is 2.52 bits per heavy atom. The minimum absolute atomic E-state index is 0.165. The van der Waals surface area contributed by atoms with Gasteiger partial charge in [0.1, 0.15) is 0 Å². The van der Waals surface area contributed by atoms with Gasteiger partial charge >= 0.3 is 0 Å². The number of fused-ring (bicyclic) bond motifs is 1. The molecule has 1 amide bonds. The Bertz CT molecular complexity index is 579. The van der Waals surface area contributed by atoms with E-state index >= 15 is 0 Å². The van der Waals surface area contributed by atoms with E-state index in [0.29, 0.717) is 31.4 Å². The van der Waals surface area contributed by atoms with Gasteiger partial charge in [-0.25, -0.2) is 9.97 Å². The maximum atomic E-state index is 12.1. The van der Waals surface area contributed by atoms with Gasteiger partial charge in [0.2, 0.25) is 12.4 Å². The highest BCUT2D eigenvalue weighted by Gasteiger charge is 2.28. The standard InChI is InChI=1S/C15H20N4O2/c1-10-7-12-14(13(21)8-10)11(2)16-15(17-12)19-5-3-18(9-20)4-6-19/h9-10H,3-8H2,1-2H3/t10-/m0/s1. The van der Waals surface area contributed by atoms with Gasteiger partial charge in [-0.15, -0.1) is 0 Å². The summed E-state index contributed by atoms with van der Waals surface area (Å²) in [7, 11) is 0. The quantitative estimate of drug-likeness (QED) is 0.754. The van der Waals surface area contributed by atoms with Gasteiger partial charge in [-0.2, -0.15) is 0 Å². The molecule has 1 aromatic heterocycles. The summed E-state index contributed by atoms with van der Waals surface area (Å²) >= 11 is 0. The number of rotatable bonds is 2. The summed E-state index contributed by atoms with van der Waals surface area (Å²) < 4.78 is 0. The molecule has 1 aromatic rings. The van der Waals surface area contributed by atoms with Gasteiger partial charge in [0.25, 0.3) is 0 Å². The number of carbonyl (C=O) groups excluding carboxylic acids is 2. The van der Waals surface area contributed by atoms with Gasteiger partial charge in [0, 0.05) is 32.6 Å². The van der Waals surface area contributed by atoms with Crippen molar-refractivity contribution in [3.8, 4) is 0 Å². The van der Waals surface area contributed by atoms with Crippen LogP contribution in [0.5, 0.6) is 0 Å². The lowest BCUT2D eigenvalue weighted by atomic mass is 9.86. The Balaban J connectivity index is 1.88. The SMILES string of the molecule is Cc1nc(N2CCN(C=O)CC2)nc2c1C(=O)C[C@@H](C)C2. The molecule has 1 aliphatic heterocycles. The van der Waals surface area contributed by atoms with Crippen molar-refractivity contribution in [3.05, 3.63) is 17.0 Å². The molecule has 3 rings (SSSR count). The maximum Gasteiger partial charge on any atom is 0.225 e. The van der Waals surface area contributed by atoms with E-state index in [-0.39, 0.29) is 5.78 Å². The van der Waals surface area contributed by atoms with Crippen molar-refractivity contribution in [2.24, 2.45) is 5.92 Å². The molecule has 2 aliphatic rings. The van der Waals surface area contributed by atoms with Crippen molar-refractivity contribution in [3.63, 3.8) is 0 Å². The Hall–Kier alpha value is -1.98. The Morgan fingerprint density at radius 1 is 1.14 bits per heavy atom.